The molecule has 1 heterocycles. The molecule has 0 radical (unpaired) electrons. The molecular weight excluding hydrogens is 278 g/mol. The number of aryl methyl sites for hydroxylation is 1. The van der Waals surface area contributed by atoms with Crippen LogP contribution in [0.3, 0.4) is 0 Å². The summed E-state index contributed by atoms with van der Waals surface area (Å²) in [6, 6.07) is 8.74. The fourth-order valence-electron chi connectivity index (χ4n) is 1.91. The van der Waals surface area contributed by atoms with Crippen LogP contribution in [0.1, 0.15) is 6.92 Å². The van der Waals surface area contributed by atoms with Crippen LogP contribution in [0.5, 0.6) is 0 Å². The quantitative estimate of drug-likeness (QED) is 0.914. The Bertz CT molecular complexity index is 706. The van der Waals surface area contributed by atoms with E-state index in [1.165, 1.54) is 21.4 Å². The van der Waals surface area contributed by atoms with Gasteiger partial charge >= 0.3 is 5.69 Å². The van der Waals surface area contributed by atoms with Crippen molar-refractivity contribution in [3.63, 3.8) is 0 Å². The molecule has 0 bridgehead atoms. The van der Waals surface area contributed by atoms with Crippen molar-refractivity contribution in [2.45, 2.75) is 20.0 Å². The van der Waals surface area contributed by atoms with Gasteiger partial charge in [-0.25, -0.2) is 4.79 Å². The lowest BCUT2D eigenvalue weighted by Crippen LogP contribution is -2.40. The smallest absolute Gasteiger partial charge is 0.331 e. The molecule has 0 atom stereocenters. The van der Waals surface area contributed by atoms with E-state index in [0.29, 0.717) is 24.7 Å². The zero-order valence-corrected chi connectivity index (χ0v) is 11.9. The van der Waals surface area contributed by atoms with E-state index in [2.05, 4.69) is 5.32 Å². The van der Waals surface area contributed by atoms with Crippen molar-refractivity contribution in [3.8, 4) is 0 Å². The molecule has 0 aliphatic carbocycles. The van der Waals surface area contributed by atoms with Crippen molar-refractivity contribution in [1.82, 2.24) is 9.13 Å². The third-order valence-corrected chi connectivity index (χ3v) is 3.33. The monoisotopic (exact) mass is 293 g/mol. The summed E-state index contributed by atoms with van der Waals surface area (Å²) in [7, 11) is 0. The maximum absolute atomic E-state index is 12.0. The van der Waals surface area contributed by atoms with Crippen LogP contribution in [0.4, 0.5) is 5.69 Å². The summed E-state index contributed by atoms with van der Waals surface area (Å²) in [5.41, 5.74) is 0.204. The zero-order valence-electron chi connectivity index (χ0n) is 11.2. The normalized spacial score (nSPS) is 10.5. The summed E-state index contributed by atoms with van der Waals surface area (Å²) in [6.45, 7) is 3.14. The molecule has 2 rings (SSSR count). The predicted molar refractivity (Wildman–Crippen MR) is 80.6 cm³/mol. The van der Waals surface area contributed by atoms with Crippen LogP contribution in [-0.4, -0.2) is 15.7 Å². The van der Waals surface area contributed by atoms with Crippen molar-refractivity contribution in [1.29, 1.82) is 0 Å². The first-order chi connectivity index (χ1) is 9.63. The van der Waals surface area contributed by atoms with Crippen molar-refractivity contribution in [2.24, 2.45) is 0 Å². The van der Waals surface area contributed by atoms with E-state index in [1.54, 1.807) is 6.07 Å². The minimum absolute atomic E-state index is 0.291. The highest BCUT2D eigenvalue weighted by Crippen LogP contribution is 2.19. The number of hydrogen-bond donors (Lipinski definition) is 1. The lowest BCUT2D eigenvalue weighted by atomic mass is 10.3. The van der Waals surface area contributed by atoms with Crippen LogP contribution in [-0.2, 0) is 13.1 Å². The molecule has 1 aromatic heterocycles. The van der Waals surface area contributed by atoms with Crippen LogP contribution in [0.2, 0.25) is 5.02 Å². The summed E-state index contributed by atoms with van der Waals surface area (Å²) in [5.74, 6) is 0. The molecule has 20 heavy (non-hydrogen) atoms. The van der Waals surface area contributed by atoms with Crippen molar-refractivity contribution >= 4 is 17.3 Å². The Hall–Kier alpha value is -2.01. The molecule has 6 heteroatoms. The summed E-state index contributed by atoms with van der Waals surface area (Å²) in [4.78, 5) is 23.7. The SMILES string of the molecule is CCn1ccc(=O)n(CCNc2ccccc2Cl)c1=O. The minimum atomic E-state index is -0.291. The van der Waals surface area contributed by atoms with Crippen molar-refractivity contribution in [3.05, 3.63) is 62.4 Å². The highest BCUT2D eigenvalue weighted by atomic mass is 35.5. The van der Waals surface area contributed by atoms with Gasteiger partial charge in [-0.05, 0) is 19.1 Å². The standard InChI is InChI=1S/C14H16ClN3O2/c1-2-17-9-7-13(19)18(14(17)20)10-8-16-12-6-4-3-5-11(12)15/h3-7,9,16H,2,8,10H2,1H3. The maximum atomic E-state index is 12.0. The molecule has 0 saturated carbocycles. The maximum Gasteiger partial charge on any atom is 0.331 e. The Balaban J connectivity index is 2.11. The highest BCUT2D eigenvalue weighted by Gasteiger charge is 2.04. The molecular formula is C14H16ClN3O2. The van der Waals surface area contributed by atoms with Crippen LogP contribution in [0, 0.1) is 0 Å². The molecule has 5 nitrogen and oxygen atoms in total. The van der Waals surface area contributed by atoms with Crippen molar-refractivity contribution < 1.29 is 0 Å². The summed E-state index contributed by atoms with van der Waals surface area (Å²) in [5, 5.41) is 3.72. The molecule has 0 aliphatic heterocycles. The Morgan fingerprint density at radius 3 is 2.65 bits per heavy atom. The third kappa shape index (κ3) is 3.11. The van der Waals surface area contributed by atoms with E-state index in [1.807, 2.05) is 25.1 Å². The predicted octanol–water partition coefficient (Wildman–Crippen LogP) is 1.80. The molecule has 0 saturated heterocycles. The lowest BCUT2D eigenvalue weighted by Gasteiger charge is -2.10. The van der Waals surface area contributed by atoms with Gasteiger partial charge in [-0.2, -0.15) is 0 Å². The lowest BCUT2D eigenvalue weighted by molar-refractivity contribution is 0.577. The number of nitrogens with zero attached hydrogens (tertiary/aromatic N) is 2. The van der Waals surface area contributed by atoms with E-state index >= 15 is 0 Å². The minimum Gasteiger partial charge on any atom is -0.382 e. The average Bonchev–Trinajstić information content (AvgIpc) is 2.44. The molecule has 0 unspecified atom stereocenters. The van der Waals surface area contributed by atoms with E-state index in [-0.39, 0.29) is 11.2 Å². The number of hydrogen-bond acceptors (Lipinski definition) is 3. The first-order valence-electron chi connectivity index (χ1n) is 6.42. The van der Waals surface area contributed by atoms with Gasteiger partial charge < -0.3 is 9.88 Å². The van der Waals surface area contributed by atoms with Crippen molar-refractivity contribution in [2.75, 3.05) is 11.9 Å². The summed E-state index contributed by atoms with van der Waals surface area (Å²) >= 11 is 6.02. The van der Waals surface area contributed by atoms with Gasteiger partial charge in [0.1, 0.15) is 0 Å². The largest absolute Gasteiger partial charge is 0.382 e. The van der Waals surface area contributed by atoms with Crippen LogP contribution >= 0.6 is 11.6 Å². The number of para-hydroxylation sites is 1. The molecule has 106 valence electrons. The fraction of sp³-hybridized carbons (Fsp3) is 0.286. The molecule has 0 fully saturated rings. The van der Waals surface area contributed by atoms with Gasteiger partial charge in [0.25, 0.3) is 5.56 Å². The first-order valence-corrected chi connectivity index (χ1v) is 6.80. The third-order valence-electron chi connectivity index (χ3n) is 3.01. The number of benzene rings is 1. The van der Waals surface area contributed by atoms with Gasteiger partial charge in [-0.15, -0.1) is 0 Å². The first kappa shape index (κ1) is 14.4. The number of anilines is 1. The Morgan fingerprint density at radius 1 is 1.20 bits per heavy atom. The van der Waals surface area contributed by atoms with Gasteiger partial charge in [-0.1, -0.05) is 23.7 Å². The molecule has 0 aliphatic rings. The summed E-state index contributed by atoms with van der Waals surface area (Å²) in [6.07, 6.45) is 1.52. The second-order valence-corrected chi connectivity index (χ2v) is 4.69. The molecule has 0 amide bonds. The molecule has 1 aromatic carbocycles. The Morgan fingerprint density at radius 2 is 1.95 bits per heavy atom. The van der Waals surface area contributed by atoms with Crippen LogP contribution < -0.4 is 16.6 Å². The van der Waals surface area contributed by atoms with Gasteiger partial charge in [0.2, 0.25) is 0 Å². The number of nitrogens with one attached hydrogen (secondary N) is 1. The number of rotatable bonds is 5. The van der Waals surface area contributed by atoms with E-state index < -0.39 is 0 Å². The zero-order chi connectivity index (χ0) is 14.5. The van der Waals surface area contributed by atoms with Gasteiger partial charge in [-0.3, -0.25) is 9.36 Å². The Labute approximate surface area is 121 Å². The van der Waals surface area contributed by atoms with E-state index in [4.69, 9.17) is 11.6 Å². The molecule has 0 spiro atoms. The highest BCUT2D eigenvalue weighted by molar-refractivity contribution is 6.33. The second-order valence-electron chi connectivity index (χ2n) is 4.28. The van der Waals surface area contributed by atoms with Crippen LogP contribution in [0.25, 0.3) is 0 Å². The molecule has 2 aromatic rings. The van der Waals surface area contributed by atoms with Gasteiger partial charge in [0.15, 0.2) is 0 Å². The Kier molecular flexibility index (Phi) is 4.63. The van der Waals surface area contributed by atoms with E-state index in [0.717, 1.165) is 5.69 Å². The molecule has 1 N–H and O–H groups in total. The van der Waals surface area contributed by atoms with E-state index in [9.17, 15) is 9.59 Å². The second kappa shape index (κ2) is 6.43. The average molecular weight is 294 g/mol. The number of halogens is 1. The fourth-order valence-corrected chi connectivity index (χ4v) is 2.11. The number of aromatic nitrogens is 2. The van der Waals surface area contributed by atoms with Crippen LogP contribution in [0.15, 0.2) is 46.1 Å². The summed E-state index contributed by atoms with van der Waals surface area (Å²) < 4.78 is 2.71. The van der Waals surface area contributed by atoms with Gasteiger partial charge in [0.05, 0.1) is 10.7 Å². The van der Waals surface area contributed by atoms with Gasteiger partial charge in [0, 0.05) is 31.9 Å². The topological polar surface area (TPSA) is 56.0 Å².